The number of benzene rings is 1. The van der Waals surface area contributed by atoms with Gasteiger partial charge in [0.1, 0.15) is 0 Å². The Labute approximate surface area is 72.9 Å². The summed E-state index contributed by atoms with van der Waals surface area (Å²) in [6.07, 6.45) is 1.29. The highest BCUT2D eigenvalue weighted by molar-refractivity contribution is 5.43. The monoisotopic (exact) mass is 184 g/mol. The minimum atomic E-state index is -1.08. The lowest BCUT2D eigenvalue weighted by molar-refractivity contribution is 0.510. The second-order valence-electron chi connectivity index (χ2n) is 2.39. The van der Waals surface area contributed by atoms with Gasteiger partial charge in [0.2, 0.25) is 6.08 Å². The molecule has 5 heteroatoms. The highest BCUT2D eigenvalue weighted by Crippen LogP contribution is 2.17. The van der Waals surface area contributed by atoms with E-state index in [1.807, 2.05) is 0 Å². The van der Waals surface area contributed by atoms with Gasteiger partial charge in [-0.3, -0.25) is 0 Å². The first-order valence-corrected chi connectivity index (χ1v) is 3.42. The van der Waals surface area contributed by atoms with E-state index in [2.05, 4.69) is 4.99 Å². The van der Waals surface area contributed by atoms with Crippen LogP contribution in [-0.2, 0) is 11.3 Å². The van der Waals surface area contributed by atoms with Crippen LogP contribution in [0, 0.1) is 11.6 Å². The van der Waals surface area contributed by atoms with Gasteiger partial charge in [0.25, 0.3) is 0 Å². The molecule has 1 rings (SSSR count). The molecule has 0 aliphatic rings. The van der Waals surface area contributed by atoms with Crippen LogP contribution in [0.1, 0.15) is 5.56 Å². The average Bonchev–Trinajstić information content (AvgIpc) is 2.10. The lowest BCUT2D eigenvalue weighted by atomic mass is 10.2. The van der Waals surface area contributed by atoms with Gasteiger partial charge in [-0.2, -0.15) is 0 Å². The number of rotatable bonds is 2. The summed E-state index contributed by atoms with van der Waals surface area (Å²) in [5.41, 5.74) is 5.18. The van der Waals surface area contributed by atoms with Crippen LogP contribution < -0.4 is 5.73 Å². The largest absolute Gasteiger partial charge is 0.396 e. The number of isocyanates is 1. The molecule has 0 aliphatic carbocycles. The van der Waals surface area contributed by atoms with Crippen molar-refractivity contribution < 1.29 is 13.6 Å². The maximum Gasteiger partial charge on any atom is 0.235 e. The molecule has 68 valence electrons. The van der Waals surface area contributed by atoms with Crippen molar-refractivity contribution in [1.29, 1.82) is 0 Å². The zero-order valence-corrected chi connectivity index (χ0v) is 6.55. The molecule has 0 aliphatic heterocycles. The molecular weight excluding hydrogens is 178 g/mol. The minimum absolute atomic E-state index is 0.0507. The smallest absolute Gasteiger partial charge is 0.235 e. The number of hydrogen-bond acceptors (Lipinski definition) is 3. The Kier molecular flexibility index (Phi) is 2.72. The third kappa shape index (κ3) is 2.10. The molecule has 1 aromatic carbocycles. The number of halogens is 2. The summed E-state index contributed by atoms with van der Waals surface area (Å²) in [5.74, 6) is -2.13. The summed E-state index contributed by atoms with van der Waals surface area (Å²) < 4.78 is 25.3. The van der Waals surface area contributed by atoms with E-state index < -0.39 is 11.6 Å². The predicted molar refractivity (Wildman–Crippen MR) is 42.6 cm³/mol. The van der Waals surface area contributed by atoms with Crippen molar-refractivity contribution in [2.75, 3.05) is 5.73 Å². The van der Waals surface area contributed by atoms with Gasteiger partial charge in [0.05, 0.1) is 12.2 Å². The van der Waals surface area contributed by atoms with Gasteiger partial charge in [0.15, 0.2) is 11.6 Å². The number of nitrogens with two attached hydrogens (primary N) is 1. The molecule has 0 amide bonds. The maximum atomic E-state index is 12.7. The highest BCUT2D eigenvalue weighted by atomic mass is 19.2. The molecular formula is C8H6F2N2O. The predicted octanol–water partition coefficient (Wildman–Crippen LogP) is 1.38. The van der Waals surface area contributed by atoms with Gasteiger partial charge in [-0.15, -0.1) is 0 Å². The van der Waals surface area contributed by atoms with Gasteiger partial charge >= 0.3 is 0 Å². The Morgan fingerprint density at radius 3 is 2.69 bits per heavy atom. The van der Waals surface area contributed by atoms with E-state index in [4.69, 9.17) is 5.73 Å². The Balaban J connectivity index is 3.05. The molecule has 0 aromatic heterocycles. The standard InChI is InChI=1S/C8H6F2N2O/c9-6-1-5(3-12-4-13)2-7(11)8(6)10/h1-2H,3,11H2. The fraction of sp³-hybridized carbons (Fsp3) is 0.125. The number of nitrogen functional groups attached to an aromatic ring is 1. The molecule has 1 aromatic rings. The topological polar surface area (TPSA) is 55.4 Å². The summed E-state index contributed by atoms with van der Waals surface area (Å²) >= 11 is 0. The first kappa shape index (κ1) is 9.35. The van der Waals surface area contributed by atoms with Gasteiger partial charge in [-0.05, 0) is 17.7 Å². The fourth-order valence-electron chi connectivity index (χ4n) is 0.884. The fourth-order valence-corrected chi connectivity index (χ4v) is 0.884. The maximum absolute atomic E-state index is 12.7. The van der Waals surface area contributed by atoms with Gasteiger partial charge < -0.3 is 5.73 Å². The van der Waals surface area contributed by atoms with Crippen LogP contribution in [0.15, 0.2) is 17.1 Å². The van der Waals surface area contributed by atoms with E-state index >= 15 is 0 Å². The van der Waals surface area contributed by atoms with E-state index in [-0.39, 0.29) is 12.2 Å². The second-order valence-corrected chi connectivity index (χ2v) is 2.39. The Bertz CT molecular complexity index is 349. The van der Waals surface area contributed by atoms with Crippen molar-refractivity contribution in [3.63, 3.8) is 0 Å². The average molecular weight is 184 g/mol. The number of aliphatic imine (C=N–C) groups is 1. The summed E-state index contributed by atoms with van der Waals surface area (Å²) in [6.45, 7) is -0.0507. The van der Waals surface area contributed by atoms with Crippen LogP contribution in [0.5, 0.6) is 0 Å². The molecule has 0 saturated carbocycles. The zero-order chi connectivity index (χ0) is 9.84. The van der Waals surface area contributed by atoms with E-state index in [9.17, 15) is 13.6 Å². The first-order valence-electron chi connectivity index (χ1n) is 3.42. The Morgan fingerprint density at radius 1 is 1.46 bits per heavy atom. The van der Waals surface area contributed by atoms with Gasteiger partial charge in [-0.25, -0.2) is 18.6 Å². The third-order valence-electron chi connectivity index (χ3n) is 1.44. The molecule has 3 nitrogen and oxygen atoms in total. The molecule has 0 fully saturated rings. The summed E-state index contributed by atoms with van der Waals surface area (Å²) in [6, 6.07) is 2.16. The SMILES string of the molecule is Nc1cc(CN=C=O)cc(F)c1F. The second kappa shape index (κ2) is 3.78. The van der Waals surface area contributed by atoms with Gasteiger partial charge in [0, 0.05) is 0 Å². The Hall–Kier alpha value is -1.74. The zero-order valence-electron chi connectivity index (χ0n) is 6.55. The summed E-state index contributed by atoms with van der Waals surface area (Å²) in [7, 11) is 0. The molecule has 13 heavy (non-hydrogen) atoms. The molecule has 2 N–H and O–H groups in total. The number of nitrogens with zero attached hydrogens (tertiary/aromatic N) is 1. The van der Waals surface area contributed by atoms with Crippen molar-refractivity contribution in [3.05, 3.63) is 29.3 Å². The molecule has 0 atom stereocenters. The van der Waals surface area contributed by atoms with Crippen molar-refractivity contribution >= 4 is 11.8 Å². The van der Waals surface area contributed by atoms with Crippen LogP contribution >= 0.6 is 0 Å². The van der Waals surface area contributed by atoms with Crippen LogP contribution in [0.3, 0.4) is 0 Å². The quantitative estimate of drug-likeness (QED) is 0.429. The lowest BCUT2D eigenvalue weighted by Gasteiger charge is -2.00. The van der Waals surface area contributed by atoms with Crippen molar-refractivity contribution in [2.24, 2.45) is 4.99 Å². The molecule has 0 spiro atoms. The molecule has 0 bridgehead atoms. The van der Waals surface area contributed by atoms with E-state index in [0.29, 0.717) is 5.56 Å². The highest BCUT2D eigenvalue weighted by Gasteiger charge is 2.07. The summed E-state index contributed by atoms with van der Waals surface area (Å²) in [5, 5.41) is 0. The number of anilines is 1. The normalized spacial score (nSPS) is 9.38. The van der Waals surface area contributed by atoms with E-state index in [0.717, 1.165) is 6.07 Å². The van der Waals surface area contributed by atoms with E-state index in [1.165, 1.54) is 12.1 Å². The van der Waals surface area contributed by atoms with Crippen LogP contribution in [0.25, 0.3) is 0 Å². The van der Waals surface area contributed by atoms with Crippen LogP contribution in [0.2, 0.25) is 0 Å². The molecule has 0 unspecified atom stereocenters. The first-order chi connectivity index (χ1) is 6.15. The number of carbonyl (C=O) groups excluding carboxylic acids is 1. The van der Waals surface area contributed by atoms with Crippen molar-refractivity contribution in [3.8, 4) is 0 Å². The van der Waals surface area contributed by atoms with Crippen molar-refractivity contribution in [1.82, 2.24) is 0 Å². The summed E-state index contributed by atoms with van der Waals surface area (Å²) in [4.78, 5) is 12.9. The van der Waals surface area contributed by atoms with Crippen LogP contribution in [-0.4, -0.2) is 6.08 Å². The third-order valence-corrected chi connectivity index (χ3v) is 1.44. The Morgan fingerprint density at radius 2 is 2.15 bits per heavy atom. The molecule has 0 saturated heterocycles. The lowest BCUT2D eigenvalue weighted by Crippen LogP contribution is -1.96. The number of hydrogen-bond donors (Lipinski definition) is 1. The van der Waals surface area contributed by atoms with Gasteiger partial charge in [-0.1, -0.05) is 0 Å². The van der Waals surface area contributed by atoms with E-state index in [1.54, 1.807) is 0 Å². The van der Waals surface area contributed by atoms with Crippen LogP contribution in [0.4, 0.5) is 14.5 Å². The van der Waals surface area contributed by atoms with Crippen molar-refractivity contribution in [2.45, 2.75) is 6.54 Å². The molecule has 0 radical (unpaired) electrons. The molecule has 0 heterocycles. The minimum Gasteiger partial charge on any atom is -0.396 e.